The molecule has 3 unspecified atom stereocenters. The van der Waals surface area contributed by atoms with Gasteiger partial charge in [0.2, 0.25) is 0 Å². The summed E-state index contributed by atoms with van der Waals surface area (Å²) in [6, 6.07) is 57.0. The van der Waals surface area contributed by atoms with E-state index in [1.807, 2.05) is 0 Å². The van der Waals surface area contributed by atoms with Crippen molar-refractivity contribution in [3.8, 4) is 11.4 Å². The van der Waals surface area contributed by atoms with E-state index < -0.39 is 0 Å². The second-order valence-electron chi connectivity index (χ2n) is 14.3. The highest BCUT2D eigenvalue weighted by Crippen LogP contribution is 2.42. The number of fused-ring (bicyclic) bond motifs is 7. The molecular formula is C49H36N5-. The van der Waals surface area contributed by atoms with Gasteiger partial charge in [-0.15, -0.1) is 0 Å². The average molecular weight is 695 g/mol. The van der Waals surface area contributed by atoms with Crippen LogP contribution in [0.2, 0.25) is 0 Å². The molecule has 9 aromatic rings. The Morgan fingerprint density at radius 3 is 1.94 bits per heavy atom. The van der Waals surface area contributed by atoms with Gasteiger partial charge in [-0.2, -0.15) is 0 Å². The Morgan fingerprint density at radius 2 is 1.19 bits per heavy atom. The van der Waals surface area contributed by atoms with E-state index in [1.54, 1.807) is 0 Å². The van der Waals surface area contributed by atoms with Crippen LogP contribution in [-0.2, 0) is 0 Å². The fraction of sp³-hybridized carbons (Fsp3) is 0.0816. The van der Waals surface area contributed by atoms with Crippen LogP contribution in [0.1, 0.15) is 29.9 Å². The van der Waals surface area contributed by atoms with Gasteiger partial charge in [-0.1, -0.05) is 145 Å². The third kappa shape index (κ3) is 4.86. The molecule has 0 radical (unpaired) electrons. The van der Waals surface area contributed by atoms with Gasteiger partial charge in [-0.05, 0) is 71.3 Å². The van der Waals surface area contributed by atoms with E-state index in [4.69, 9.17) is 10.3 Å². The zero-order chi connectivity index (χ0) is 35.6. The maximum Gasteiger partial charge on any atom is 0.0562 e. The van der Waals surface area contributed by atoms with Crippen molar-refractivity contribution in [3.05, 3.63) is 198 Å². The number of aromatic nitrogens is 2. The Bertz CT molecular complexity index is 2980. The fourth-order valence-corrected chi connectivity index (χ4v) is 8.75. The van der Waals surface area contributed by atoms with Crippen molar-refractivity contribution in [2.45, 2.75) is 18.8 Å². The Hall–Kier alpha value is -6.69. The number of benzene rings is 7. The summed E-state index contributed by atoms with van der Waals surface area (Å²) in [6.45, 7) is 0. The normalized spacial score (nSPS) is 18.5. The number of nitrogens with zero attached hydrogens (tertiary/aromatic N) is 4. The highest BCUT2D eigenvalue weighted by Gasteiger charge is 2.23. The molecule has 0 fully saturated rings. The van der Waals surface area contributed by atoms with Crippen LogP contribution >= 0.6 is 0 Å². The van der Waals surface area contributed by atoms with Gasteiger partial charge in [0.25, 0.3) is 0 Å². The molecule has 0 bridgehead atoms. The summed E-state index contributed by atoms with van der Waals surface area (Å²) < 4.78 is 4.87. The number of aliphatic imine (C=N–C) groups is 1. The van der Waals surface area contributed by atoms with Crippen molar-refractivity contribution in [2.24, 2.45) is 10.9 Å². The molecule has 7 aromatic carbocycles. The van der Waals surface area contributed by atoms with E-state index >= 15 is 0 Å². The van der Waals surface area contributed by atoms with Gasteiger partial charge in [0.05, 0.1) is 27.8 Å². The Balaban J connectivity index is 1.14. The van der Waals surface area contributed by atoms with Gasteiger partial charge in [-0.25, -0.2) is 0 Å². The first-order valence-electron chi connectivity index (χ1n) is 18.8. The molecule has 0 saturated heterocycles. The van der Waals surface area contributed by atoms with Gasteiger partial charge in [0, 0.05) is 45.0 Å². The van der Waals surface area contributed by atoms with Gasteiger partial charge in [-0.3, -0.25) is 0 Å². The predicted octanol–water partition coefficient (Wildman–Crippen LogP) is 12.2. The molecule has 0 amide bonds. The minimum atomic E-state index is -0.264. The molecule has 1 N–H and O–H groups in total. The lowest BCUT2D eigenvalue weighted by Crippen LogP contribution is -2.33. The summed E-state index contributed by atoms with van der Waals surface area (Å²) in [6.07, 6.45) is 9.10. The summed E-state index contributed by atoms with van der Waals surface area (Å²) in [5.74, 6) is 1.04. The third-order valence-electron chi connectivity index (χ3n) is 11.2. The number of para-hydroxylation sites is 3. The number of hydrogen-bond donors (Lipinski definition) is 1. The Morgan fingerprint density at radius 1 is 0.537 bits per heavy atom. The van der Waals surface area contributed by atoms with E-state index in [0.29, 0.717) is 0 Å². The molecule has 5 heteroatoms. The zero-order valence-electron chi connectivity index (χ0n) is 29.5. The molecule has 11 rings (SSSR count). The van der Waals surface area contributed by atoms with Crippen LogP contribution in [0.3, 0.4) is 0 Å². The first-order valence-corrected chi connectivity index (χ1v) is 18.8. The topological polar surface area (TPSA) is 48.4 Å². The van der Waals surface area contributed by atoms with E-state index in [1.165, 1.54) is 54.4 Å². The van der Waals surface area contributed by atoms with Crippen molar-refractivity contribution in [1.82, 2.24) is 14.5 Å². The van der Waals surface area contributed by atoms with Crippen LogP contribution < -0.4 is 5.32 Å². The van der Waals surface area contributed by atoms with Gasteiger partial charge in [0.15, 0.2) is 0 Å². The van der Waals surface area contributed by atoms with Gasteiger partial charge >= 0.3 is 0 Å². The van der Waals surface area contributed by atoms with Crippen molar-refractivity contribution >= 4 is 60.2 Å². The summed E-state index contributed by atoms with van der Waals surface area (Å²) in [5.41, 5.74) is 9.34. The number of hydrogen-bond acceptors (Lipinski definition) is 2. The minimum absolute atomic E-state index is 0.150. The monoisotopic (exact) mass is 694 g/mol. The van der Waals surface area contributed by atoms with Crippen LogP contribution in [0.15, 0.2) is 187 Å². The average Bonchev–Trinajstić information content (AvgIpc) is 3.75. The van der Waals surface area contributed by atoms with E-state index in [2.05, 4.69) is 196 Å². The lowest BCUT2D eigenvalue weighted by Gasteiger charge is -2.43. The van der Waals surface area contributed by atoms with Crippen LogP contribution in [0.5, 0.6) is 0 Å². The van der Waals surface area contributed by atoms with Crippen molar-refractivity contribution in [1.29, 1.82) is 0 Å². The largest absolute Gasteiger partial charge is 0.448 e. The predicted molar refractivity (Wildman–Crippen MR) is 225 cm³/mol. The lowest BCUT2D eigenvalue weighted by atomic mass is 9.96. The van der Waals surface area contributed by atoms with E-state index in [9.17, 15) is 0 Å². The van der Waals surface area contributed by atoms with Crippen LogP contribution in [0, 0.1) is 5.92 Å². The van der Waals surface area contributed by atoms with Crippen molar-refractivity contribution in [2.75, 3.05) is 0 Å². The molecule has 258 valence electrons. The Kier molecular flexibility index (Phi) is 7.13. The fourth-order valence-electron chi connectivity index (χ4n) is 8.75. The second kappa shape index (κ2) is 12.5. The standard InChI is InChI=1S/C49H36N5/c1-4-16-32(17-5-1)47-50-48(33-18-6-2-7-19-33)52-49(51-47)39-26-14-25-36-35(39)24-15-29-44(36)54-43-28-13-11-23-38(43)41-30-40-37-22-10-12-27-42(37)53(45(40)31-46(41)54)34-20-8-3-9-21-34/h1-18,20-31,33,47,49,51H,19H2/q-1. The van der Waals surface area contributed by atoms with Crippen LogP contribution in [0.4, 0.5) is 0 Å². The van der Waals surface area contributed by atoms with Crippen molar-refractivity contribution < 1.29 is 0 Å². The number of amidine groups is 1. The lowest BCUT2D eigenvalue weighted by molar-refractivity contribution is 0.484. The number of nitrogens with one attached hydrogen (secondary N) is 1. The number of rotatable bonds is 5. The third-order valence-corrected chi connectivity index (χ3v) is 11.2. The molecule has 5 nitrogen and oxygen atoms in total. The summed E-state index contributed by atoms with van der Waals surface area (Å²) in [4.78, 5) is 5.33. The summed E-state index contributed by atoms with van der Waals surface area (Å²) in [5, 5.41) is 16.3. The summed E-state index contributed by atoms with van der Waals surface area (Å²) in [7, 11) is 0. The maximum absolute atomic E-state index is 5.33. The molecule has 3 heterocycles. The minimum Gasteiger partial charge on any atom is -0.448 e. The summed E-state index contributed by atoms with van der Waals surface area (Å²) >= 11 is 0. The van der Waals surface area contributed by atoms with E-state index in [-0.39, 0.29) is 18.2 Å². The molecular weight excluding hydrogens is 659 g/mol. The quantitative estimate of drug-likeness (QED) is 0.192. The van der Waals surface area contributed by atoms with Crippen LogP contribution in [0.25, 0.3) is 71.1 Å². The molecule has 1 aliphatic heterocycles. The van der Waals surface area contributed by atoms with Gasteiger partial charge < -0.3 is 24.8 Å². The SMILES string of the molecule is C1=CCC(C2=NC(c3cccc4c(-n5c6ccccc6c6cc7c8ccccc8n(-c8ccccc8)c7cc65)cccc34)NC(c3ccccc3)[N-]2)C=C1. The highest BCUT2D eigenvalue weighted by molar-refractivity contribution is 6.19. The Labute approximate surface area is 313 Å². The van der Waals surface area contributed by atoms with Crippen LogP contribution in [-0.4, -0.2) is 15.0 Å². The zero-order valence-corrected chi connectivity index (χ0v) is 29.5. The first kappa shape index (κ1) is 30.9. The molecule has 0 spiro atoms. The first-order chi connectivity index (χ1) is 26.8. The second-order valence-corrected chi connectivity index (χ2v) is 14.3. The van der Waals surface area contributed by atoms with E-state index in [0.717, 1.165) is 34.8 Å². The molecule has 1 aliphatic carbocycles. The molecule has 2 aliphatic rings. The number of allylic oxidation sites excluding steroid dienone is 3. The van der Waals surface area contributed by atoms with Crippen molar-refractivity contribution in [3.63, 3.8) is 0 Å². The highest BCUT2D eigenvalue weighted by atomic mass is 15.3. The molecule has 2 aromatic heterocycles. The molecule has 3 atom stereocenters. The smallest absolute Gasteiger partial charge is 0.0562 e. The molecule has 0 saturated carbocycles. The molecule has 54 heavy (non-hydrogen) atoms. The maximum atomic E-state index is 5.33. The van der Waals surface area contributed by atoms with Gasteiger partial charge in [0.1, 0.15) is 0 Å².